The molecule has 0 aliphatic heterocycles. The summed E-state index contributed by atoms with van der Waals surface area (Å²) in [6.07, 6.45) is 8.69. The van der Waals surface area contributed by atoms with Gasteiger partial charge in [0.15, 0.2) is 0 Å². The highest BCUT2D eigenvalue weighted by atomic mass is 32.2. The molecule has 1 saturated carbocycles. The van der Waals surface area contributed by atoms with Gasteiger partial charge in [-0.05, 0) is 32.9 Å². The molecule has 0 spiro atoms. The van der Waals surface area contributed by atoms with Gasteiger partial charge in [0, 0.05) is 11.3 Å². The maximum atomic E-state index is 11.5. The summed E-state index contributed by atoms with van der Waals surface area (Å²) < 4.78 is 5.33. The second kappa shape index (κ2) is 7.27. The number of thioether (sulfide) groups is 1. The van der Waals surface area contributed by atoms with Gasteiger partial charge < -0.3 is 10.1 Å². The third-order valence-corrected chi connectivity index (χ3v) is 4.99. The first kappa shape index (κ1) is 14.8. The van der Waals surface area contributed by atoms with Crippen molar-refractivity contribution < 1.29 is 9.53 Å². The molecular formula is C13H25NO2S. The molecular weight excluding hydrogens is 234 g/mol. The summed E-state index contributed by atoms with van der Waals surface area (Å²) in [5, 5.41) is 3.33. The maximum absolute atomic E-state index is 11.5. The van der Waals surface area contributed by atoms with Gasteiger partial charge in [-0.15, -0.1) is 0 Å². The van der Waals surface area contributed by atoms with Gasteiger partial charge >= 0.3 is 5.97 Å². The van der Waals surface area contributed by atoms with E-state index in [2.05, 4.69) is 11.6 Å². The first-order valence-electron chi connectivity index (χ1n) is 6.59. The molecule has 0 amide bonds. The Morgan fingerprint density at radius 3 is 2.59 bits per heavy atom. The number of hydrogen-bond donors (Lipinski definition) is 1. The lowest BCUT2D eigenvalue weighted by Gasteiger charge is -2.36. The largest absolute Gasteiger partial charge is 0.465 e. The standard InChI is InChI=1S/C13H25NO2S/c1-4-16-12(15)11(2)14-10-13(17-3)8-6-5-7-9-13/h11,14H,4-10H2,1-3H3. The average molecular weight is 259 g/mol. The van der Waals surface area contributed by atoms with E-state index in [1.54, 1.807) is 0 Å². The minimum atomic E-state index is -0.194. The van der Waals surface area contributed by atoms with Crippen LogP contribution in [0.3, 0.4) is 0 Å². The van der Waals surface area contributed by atoms with Crippen molar-refractivity contribution in [2.45, 2.75) is 56.7 Å². The first-order valence-corrected chi connectivity index (χ1v) is 7.81. The molecule has 1 aliphatic carbocycles. The molecule has 1 rings (SSSR count). The molecule has 1 N–H and O–H groups in total. The molecule has 0 aromatic rings. The summed E-state index contributed by atoms with van der Waals surface area (Å²) >= 11 is 1.95. The van der Waals surface area contributed by atoms with Gasteiger partial charge in [0.25, 0.3) is 0 Å². The van der Waals surface area contributed by atoms with E-state index in [-0.39, 0.29) is 12.0 Å². The van der Waals surface area contributed by atoms with Crippen molar-refractivity contribution >= 4 is 17.7 Å². The number of ether oxygens (including phenoxy) is 1. The molecule has 0 aromatic heterocycles. The second-order valence-electron chi connectivity index (χ2n) is 4.80. The van der Waals surface area contributed by atoms with Crippen molar-refractivity contribution in [2.24, 2.45) is 0 Å². The number of hydrogen-bond acceptors (Lipinski definition) is 4. The van der Waals surface area contributed by atoms with Crippen LogP contribution in [0.2, 0.25) is 0 Å². The lowest BCUT2D eigenvalue weighted by Crippen LogP contribution is -2.45. The van der Waals surface area contributed by atoms with Gasteiger partial charge in [-0.25, -0.2) is 0 Å². The van der Waals surface area contributed by atoms with E-state index < -0.39 is 0 Å². The Kier molecular flexibility index (Phi) is 6.34. The van der Waals surface area contributed by atoms with Crippen LogP contribution >= 0.6 is 11.8 Å². The molecule has 0 saturated heterocycles. The van der Waals surface area contributed by atoms with Crippen LogP contribution in [0.5, 0.6) is 0 Å². The lowest BCUT2D eigenvalue weighted by molar-refractivity contribution is -0.145. The molecule has 1 fully saturated rings. The fourth-order valence-electron chi connectivity index (χ4n) is 2.34. The SMILES string of the molecule is CCOC(=O)C(C)NCC1(SC)CCCCC1. The van der Waals surface area contributed by atoms with E-state index in [9.17, 15) is 4.79 Å². The smallest absolute Gasteiger partial charge is 0.322 e. The molecule has 0 radical (unpaired) electrons. The Bertz CT molecular complexity index is 240. The molecule has 17 heavy (non-hydrogen) atoms. The van der Waals surface area contributed by atoms with Crippen LogP contribution in [0, 0.1) is 0 Å². The summed E-state index contributed by atoms with van der Waals surface area (Å²) in [5.74, 6) is -0.139. The van der Waals surface area contributed by atoms with E-state index in [1.807, 2.05) is 25.6 Å². The van der Waals surface area contributed by atoms with Crippen molar-refractivity contribution in [3.63, 3.8) is 0 Å². The normalized spacial score (nSPS) is 20.9. The van der Waals surface area contributed by atoms with Crippen LogP contribution < -0.4 is 5.32 Å². The molecule has 100 valence electrons. The average Bonchev–Trinajstić information content (AvgIpc) is 2.37. The Hall–Kier alpha value is -0.220. The van der Waals surface area contributed by atoms with Crippen LogP contribution in [-0.2, 0) is 9.53 Å². The fourth-order valence-corrected chi connectivity index (χ4v) is 3.26. The van der Waals surface area contributed by atoms with Crippen molar-refractivity contribution in [1.29, 1.82) is 0 Å². The zero-order chi connectivity index (χ0) is 12.7. The van der Waals surface area contributed by atoms with Crippen LogP contribution in [0.1, 0.15) is 46.0 Å². The van der Waals surface area contributed by atoms with Crippen LogP contribution in [-0.4, -0.2) is 36.2 Å². The van der Waals surface area contributed by atoms with Crippen molar-refractivity contribution in [3.05, 3.63) is 0 Å². The first-order chi connectivity index (χ1) is 8.13. The highest BCUT2D eigenvalue weighted by Crippen LogP contribution is 2.37. The van der Waals surface area contributed by atoms with Gasteiger partial charge in [-0.3, -0.25) is 4.79 Å². The fraction of sp³-hybridized carbons (Fsp3) is 0.923. The molecule has 3 nitrogen and oxygen atoms in total. The number of carbonyl (C=O) groups excluding carboxylic acids is 1. The van der Waals surface area contributed by atoms with Gasteiger partial charge in [0.1, 0.15) is 6.04 Å². The highest BCUT2D eigenvalue weighted by molar-refractivity contribution is 8.00. The van der Waals surface area contributed by atoms with Crippen molar-refractivity contribution in [2.75, 3.05) is 19.4 Å². The van der Waals surface area contributed by atoms with Crippen LogP contribution in [0.15, 0.2) is 0 Å². The van der Waals surface area contributed by atoms with Gasteiger partial charge in [-0.1, -0.05) is 19.3 Å². The topological polar surface area (TPSA) is 38.3 Å². The summed E-state index contributed by atoms with van der Waals surface area (Å²) in [6.45, 7) is 5.09. The Labute approximate surface area is 109 Å². The molecule has 1 atom stereocenters. The minimum Gasteiger partial charge on any atom is -0.465 e. The number of esters is 1. The van der Waals surface area contributed by atoms with E-state index in [0.717, 1.165) is 6.54 Å². The Morgan fingerprint density at radius 2 is 2.06 bits per heavy atom. The van der Waals surface area contributed by atoms with Gasteiger partial charge in [0.2, 0.25) is 0 Å². The zero-order valence-electron chi connectivity index (χ0n) is 11.3. The summed E-state index contributed by atoms with van der Waals surface area (Å²) in [4.78, 5) is 11.5. The van der Waals surface area contributed by atoms with Crippen LogP contribution in [0.4, 0.5) is 0 Å². The third kappa shape index (κ3) is 4.51. The predicted octanol–water partition coefficient (Wildman–Crippen LogP) is 2.59. The van der Waals surface area contributed by atoms with Crippen molar-refractivity contribution in [3.8, 4) is 0 Å². The number of rotatable bonds is 6. The number of nitrogens with one attached hydrogen (secondary N) is 1. The molecule has 0 aromatic carbocycles. The molecule has 4 heteroatoms. The Balaban J connectivity index is 2.38. The van der Waals surface area contributed by atoms with E-state index in [4.69, 9.17) is 4.74 Å². The summed E-state index contributed by atoms with van der Waals surface area (Å²) in [6, 6.07) is -0.194. The Morgan fingerprint density at radius 1 is 1.41 bits per heavy atom. The highest BCUT2D eigenvalue weighted by Gasteiger charge is 2.31. The number of carbonyl (C=O) groups is 1. The van der Waals surface area contributed by atoms with Crippen LogP contribution in [0.25, 0.3) is 0 Å². The van der Waals surface area contributed by atoms with E-state index in [1.165, 1.54) is 32.1 Å². The van der Waals surface area contributed by atoms with E-state index in [0.29, 0.717) is 11.4 Å². The maximum Gasteiger partial charge on any atom is 0.322 e. The molecule has 1 aliphatic rings. The van der Waals surface area contributed by atoms with Gasteiger partial charge in [-0.2, -0.15) is 11.8 Å². The summed E-state index contributed by atoms with van der Waals surface area (Å²) in [5.41, 5.74) is 0. The minimum absolute atomic E-state index is 0.139. The zero-order valence-corrected chi connectivity index (χ0v) is 12.1. The molecule has 0 heterocycles. The molecule has 0 bridgehead atoms. The van der Waals surface area contributed by atoms with E-state index >= 15 is 0 Å². The van der Waals surface area contributed by atoms with Gasteiger partial charge in [0.05, 0.1) is 6.61 Å². The summed E-state index contributed by atoms with van der Waals surface area (Å²) in [7, 11) is 0. The second-order valence-corrected chi connectivity index (χ2v) is 6.08. The monoisotopic (exact) mass is 259 g/mol. The lowest BCUT2D eigenvalue weighted by atomic mass is 9.88. The van der Waals surface area contributed by atoms with Crippen molar-refractivity contribution in [1.82, 2.24) is 5.32 Å². The third-order valence-electron chi connectivity index (χ3n) is 3.57. The molecule has 1 unspecified atom stereocenters. The predicted molar refractivity (Wildman–Crippen MR) is 73.4 cm³/mol. The quantitative estimate of drug-likeness (QED) is 0.744.